The predicted octanol–water partition coefficient (Wildman–Crippen LogP) is 2.26. The summed E-state index contributed by atoms with van der Waals surface area (Å²) in [7, 11) is 0. The Bertz CT molecular complexity index is 666. The minimum Gasteiger partial charge on any atom is -0.467 e. The molecule has 1 aromatic heterocycles. The summed E-state index contributed by atoms with van der Waals surface area (Å²) in [5.41, 5.74) is 1.73. The van der Waals surface area contributed by atoms with E-state index in [1.54, 1.807) is 0 Å². The summed E-state index contributed by atoms with van der Waals surface area (Å²) in [5.74, 6) is 0.970. The maximum atomic E-state index is 12.4. The monoisotopic (exact) mass is 287 g/mol. The van der Waals surface area contributed by atoms with E-state index in [2.05, 4.69) is 10.4 Å². The fraction of sp³-hybridized carbons (Fsp3) is 0.333. The lowest BCUT2D eigenvalue weighted by Gasteiger charge is -2.24. The standard InChI is InChI=1S/C15H17N3O3/c1-3-18-10(2)8-13(17-18)16-15(19)14-11-6-4-5-7-12(11)20-9-21-14/h4-8,14H,3,9H2,1-2H3,(H,16,17,19). The van der Waals surface area contributed by atoms with Crippen LogP contribution >= 0.6 is 0 Å². The average molecular weight is 287 g/mol. The van der Waals surface area contributed by atoms with Crippen LogP contribution in [0.3, 0.4) is 0 Å². The highest BCUT2D eigenvalue weighted by Crippen LogP contribution is 2.32. The van der Waals surface area contributed by atoms with Crippen LogP contribution in [0.4, 0.5) is 5.82 Å². The van der Waals surface area contributed by atoms with Crippen LogP contribution in [0.5, 0.6) is 5.75 Å². The number of anilines is 1. The third-order valence-electron chi connectivity index (χ3n) is 3.42. The van der Waals surface area contributed by atoms with Crippen molar-refractivity contribution in [3.05, 3.63) is 41.6 Å². The summed E-state index contributed by atoms with van der Waals surface area (Å²) >= 11 is 0. The average Bonchev–Trinajstić information content (AvgIpc) is 2.86. The van der Waals surface area contributed by atoms with Gasteiger partial charge in [0.05, 0.1) is 0 Å². The number of nitrogens with zero attached hydrogens (tertiary/aromatic N) is 2. The molecule has 3 rings (SSSR count). The molecule has 1 N–H and O–H groups in total. The molecule has 1 amide bonds. The zero-order valence-corrected chi connectivity index (χ0v) is 12.0. The Labute approximate surface area is 122 Å². The van der Waals surface area contributed by atoms with Gasteiger partial charge in [-0.05, 0) is 19.9 Å². The summed E-state index contributed by atoms with van der Waals surface area (Å²) < 4.78 is 12.6. The van der Waals surface area contributed by atoms with E-state index < -0.39 is 6.10 Å². The van der Waals surface area contributed by atoms with Gasteiger partial charge in [0, 0.05) is 23.9 Å². The molecular weight excluding hydrogens is 270 g/mol. The number of fused-ring (bicyclic) bond motifs is 1. The lowest BCUT2D eigenvalue weighted by molar-refractivity contribution is -0.136. The van der Waals surface area contributed by atoms with Gasteiger partial charge in [-0.1, -0.05) is 18.2 Å². The molecule has 6 nitrogen and oxygen atoms in total. The third-order valence-corrected chi connectivity index (χ3v) is 3.42. The summed E-state index contributed by atoms with van der Waals surface area (Å²) in [4.78, 5) is 12.4. The minimum atomic E-state index is -0.679. The van der Waals surface area contributed by atoms with E-state index in [-0.39, 0.29) is 12.7 Å². The molecule has 110 valence electrons. The Balaban J connectivity index is 1.80. The number of aryl methyl sites for hydroxylation is 2. The minimum absolute atomic E-state index is 0.0670. The second-order valence-corrected chi connectivity index (χ2v) is 4.82. The van der Waals surface area contributed by atoms with Gasteiger partial charge < -0.3 is 14.8 Å². The van der Waals surface area contributed by atoms with Crippen molar-refractivity contribution in [3.8, 4) is 5.75 Å². The molecule has 0 spiro atoms. The molecular formula is C15H17N3O3. The fourth-order valence-corrected chi connectivity index (χ4v) is 2.38. The maximum absolute atomic E-state index is 12.4. The molecule has 0 saturated carbocycles. The Morgan fingerprint density at radius 3 is 3.05 bits per heavy atom. The van der Waals surface area contributed by atoms with E-state index in [0.29, 0.717) is 11.6 Å². The number of rotatable bonds is 3. The van der Waals surface area contributed by atoms with Crippen LogP contribution in [0, 0.1) is 6.92 Å². The summed E-state index contributed by atoms with van der Waals surface area (Å²) in [6, 6.07) is 9.22. The number of benzene rings is 1. The van der Waals surface area contributed by atoms with Crippen LogP contribution in [-0.2, 0) is 16.1 Å². The number of hydrogen-bond acceptors (Lipinski definition) is 4. The van der Waals surface area contributed by atoms with Gasteiger partial charge in [0.15, 0.2) is 18.7 Å². The molecule has 1 aliphatic heterocycles. The van der Waals surface area contributed by atoms with Crippen LogP contribution in [-0.4, -0.2) is 22.5 Å². The molecule has 2 heterocycles. The first kappa shape index (κ1) is 13.6. The lowest BCUT2D eigenvalue weighted by Crippen LogP contribution is -2.28. The Morgan fingerprint density at radius 1 is 1.48 bits per heavy atom. The quantitative estimate of drug-likeness (QED) is 0.940. The SMILES string of the molecule is CCn1nc(NC(=O)C2OCOc3ccccc32)cc1C. The number of carbonyl (C=O) groups is 1. The van der Waals surface area contributed by atoms with Crippen molar-refractivity contribution < 1.29 is 14.3 Å². The van der Waals surface area contributed by atoms with Crippen LogP contribution in [0.1, 0.15) is 24.3 Å². The van der Waals surface area contributed by atoms with Gasteiger partial charge in [-0.25, -0.2) is 0 Å². The van der Waals surface area contributed by atoms with E-state index in [9.17, 15) is 4.79 Å². The highest BCUT2D eigenvalue weighted by atomic mass is 16.7. The van der Waals surface area contributed by atoms with Gasteiger partial charge in [-0.2, -0.15) is 5.10 Å². The Morgan fingerprint density at radius 2 is 2.29 bits per heavy atom. The lowest BCUT2D eigenvalue weighted by atomic mass is 10.1. The number of carbonyl (C=O) groups excluding carboxylic acids is 1. The molecule has 0 radical (unpaired) electrons. The third kappa shape index (κ3) is 2.62. The Hall–Kier alpha value is -2.34. The Kier molecular flexibility index (Phi) is 3.62. The van der Waals surface area contributed by atoms with Crippen molar-refractivity contribution in [3.63, 3.8) is 0 Å². The van der Waals surface area contributed by atoms with Crippen LogP contribution < -0.4 is 10.1 Å². The van der Waals surface area contributed by atoms with E-state index in [1.807, 2.05) is 48.9 Å². The number of para-hydroxylation sites is 1. The van der Waals surface area contributed by atoms with Gasteiger partial charge in [0.1, 0.15) is 5.75 Å². The molecule has 0 bridgehead atoms. The van der Waals surface area contributed by atoms with Crippen LogP contribution in [0.25, 0.3) is 0 Å². The van der Waals surface area contributed by atoms with Gasteiger partial charge in [-0.3, -0.25) is 9.48 Å². The summed E-state index contributed by atoms with van der Waals surface area (Å²) in [6.45, 7) is 4.78. The molecule has 6 heteroatoms. The van der Waals surface area contributed by atoms with Crippen molar-refractivity contribution >= 4 is 11.7 Å². The van der Waals surface area contributed by atoms with Crippen molar-refractivity contribution in [1.82, 2.24) is 9.78 Å². The van der Waals surface area contributed by atoms with Crippen LogP contribution in [0.15, 0.2) is 30.3 Å². The topological polar surface area (TPSA) is 65.4 Å². The van der Waals surface area contributed by atoms with Crippen molar-refractivity contribution in [2.75, 3.05) is 12.1 Å². The predicted molar refractivity (Wildman–Crippen MR) is 77.0 cm³/mol. The second-order valence-electron chi connectivity index (χ2n) is 4.82. The summed E-state index contributed by atoms with van der Waals surface area (Å²) in [6.07, 6.45) is -0.679. The van der Waals surface area contributed by atoms with Gasteiger partial charge in [0.2, 0.25) is 0 Å². The van der Waals surface area contributed by atoms with E-state index >= 15 is 0 Å². The van der Waals surface area contributed by atoms with E-state index in [1.165, 1.54) is 0 Å². The zero-order chi connectivity index (χ0) is 14.8. The smallest absolute Gasteiger partial charge is 0.259 e. The highest BCUT2D eigenvalue weighted by molar-refractivity contribution is 5.94. The fourth-order valence-electron chi connectivity index (χ4n) is 2.38. The number of nitrogens with one attached hydrogen (secondary N) is 1. The molecule has 1 aromatic carbocycles. The first-order chi connectivity index (χ1) is 10.2. The molecule has 1 unspecified atom stereocenters. The molecule has 0 fully saturated rings. The van der Waals surface area contributed by atoms with Gasteiger partial charge >= 0.3 is 0 Å². The molecule has 1 atom stereocenters. The number of hydrogen-bond donors (Lipinski definition) is 1. The molecule has 21 heavy (non-hydrogen) atoms. The maximum Gasteiger partial charge on any atom is 0.259 e. The molecule has 2 aromatic rings. The van der Waals surface area contributed by atoms with Gasteiger partial charge in [0.25, 0.3) is 5.91 Å². The van der Waals surface area contributed by atoms with Crippen molar-refractivity contribution in [2.45, 2.75) is 26.5 Å². The second kappa shape index (κ2) is 5.57. The first-order valence-electron chi connectivity index (χ1n) is 6.87. The molecule has 1 aliphatic rings. The van der Waals surface area contributed by atoms with Crippen molar-refractivity contribution in [2.24, 2.45) is 0 Å². The van der Waals surface area contributed by atoms with E-state index in [0.717, 1.165) is 17.8 Å². The number of amides is 1. The number of aromatic nitrogens is 2. The van der Waals surface area contributed by atoms with Crippen molar-refractivity contribution in [1.29, 1.82) is 0 Å². The molecule has 0 aliphatic carbocycles. The van der Waals surface area contributed by atoms with E-state index in [4.69, 9.17) is 9.47 Å². The normalized spacial score (nSPS) is 17.0. The largest absolute Gasteiger partial charge is 0.467 e. The zero-order valence-electron chi connectivity index (χ0n) is 12.0. The highest BCUT2D eigenvalue weighted by Gasteiger charge is 2.28. The van der Waals surface area contributed by atoms with Gasteiger partial charge in [-0.15, -0.1) is 0 Å². The molecule has 0 saturated heterocycles. The number of ether oxygens (including phenoxy) is 2. The first-order valence-corrected chi connectivity index (χ1v) is 6.87. The van der Waals surface area contributed by atoms with Crippen LogP contribution in [0.2, 0.25) is 0 Å². The summed E-state index contributed by atoms with van der Waals surface area (Å²) in [5, 5.41) is 7.11.